The van der Waals surface area contributed by atoms with Crippen molar-refractivity contribution in [2.75, 3.05) is 59.2 Å². The second-order valence-corrected chi connectivity index (χ2v) is 4.69. The van der Waals surface area contributed by atoms with Gasteiger partial charge in [0.2, 0.25) is 0 Å². The van der Waals surface area contributed by atoms with Crippen molar-refractivity contribution in [1.82, 2.24) is 10.2 Å². The predicted molar refractivity (Wildman–Crippen MR) is 81.8 cm³/mol. The van der Waals surface area contributed by atoms with Crippen molar-refractivity contribution >= 4 is 0 Å². The molecule has 1 N–H and O–H groups in total. The summed E-state index contributed by atoms with van der Waals surface area (Å²) >= 11 is 0. The van der Waals surface area contributed by atoms with Gasteiger partial charge in [-0.3, -0.25) is 4.90 Å². The number of rotatable bonds is 15. The van der Waals surface area contributed by atoms with Crippen LogP contribution >= 0.6 is 0 Å². The predicted octanol–water partition coefficient (Wildman–Crippen LogP) is 2.14. The summed E-state index contributed by atoms with van der Waals surface area (Å²) in [4.78, 5) is 2.41. The molecule has 0 aromatic rings. The molecule has 0 aromatic carbocycles. The van der Waals surface area contributed by atoms with E-state index in [1.54, 1.807) is 0 Å². The van der Waals surface area contributed by atoms with Crippen LogP contribution in [0.15, 0.2) is 0 Å². The van der Waals surface area contributed by atoms with E-state index in [9.17, 15) is 0 Å². The Morgan fingerprint density at radius 1 is 0.789 bits per heavy atom. The van der Waals surface area contributed by atoms with E-state index >= 15 is 0 Å². The lowest BCUT2D eigenvalue weighted by atomic mass is 10.2. The van der Waals surface area contributed by atoms with E-state index in [0.29, 0.717) is 0 Å². The Labute approximate surface area is 119 Å². The van der Waals surface area contributed by atoms with E-state index in [1.165, 1.54) is 19.3 Å². The molecule has 116 valence electrons. The highest BCUT2D eigenvalue weighted by Crippen LogP contribution is 1.92. The highest BCUT2D eigenvalue weighted by Gasteiger charge is 2.04. The van der Waals surface area contributed by atoms with Crippen LogP contribution in [0.1, 0.15) is 40.0 Å². The molecule has 0 radical (unpaired) electrons. The first-order chi connectivity index (χ1) is 9.35. The zero-order valence-corrected chi connectivity index (χ0v) is 13.2. The minimum atomic E-state index is 0.800. The summed E-state index contributed by atoms with van der Waals surface area (Å²) in [6.45, 7) is 14.8. The molecule has 0 amide bonds. The summed E-state index contributed by atoms with van der Waals surface area (Å²) in [7, 11) is 0. The van der Waals surface area contributed by atoms with Gasteiger partial charge in [-0.15, -0.1) is 0 Å². The fourth-order valence-corrected chi connectivity index (χ4v) is 1.87. The van der Waals surface area contributed by atoms with Gasteiger partial charge >= 0.3 is 0 Å². The molecule has 0 aliphatic heterocycles. The molecule has 0 aliphatic carbocycles. The summed E-state index contributed by atoms with van der Waals surface area (Å²) in [5.74, 6) is 0. The molecule has 0 spiro atoms. The highest BCUT2D eigenvalue weighted by atomic mass is 16.5. The van der Waals surface area contributed by atoms with Gasteiger partial charge in [-0.05, 0) is 26.8 Å². The monoisotopic (exact) mass is 274 g/mol. The fraction of sp³-hybridized carbons (Fsp3) is 1.00. The molecule has 0 unspecified atom stereocenters. The normalized spacial score (nSPS) is 11.4. The standard InChI is InChI=1S/C15H34N2O2/c1-4-7-8-9-16-10-11-17(12-14-18-5-2)13-15-19-6-3/h16H,4-15H2,1-3H3. The summed E-state index contributed by atoms with van der Waals surface area (Å²) in [6.07, 6.45) is 3.90. The first-order valence-corrected chi connectivity index (χ1v) is 7.93. The molecule has 0 atom stereocenters. The Hall–Kier alpha value is -0.160. The van der Waals surface area contributed by atoms with Crippen molar-refractivity contribution in [1.29, 1.82) is 0 Å². The molecule has 0 aliphatic rings. The van der Waals surface area contributed by atoms with Crippen molar-refractivity contribution in [2.45, 2.75) is 40.0 Å². The minimum Gasteiger partial charge on any atom is -0.380 e. The Bertz CT molecular complexity index is 158. The van der Waals surface area contributed by atoms with Gasteiger partial charge in [-0.25, -0.2) is 0 Å². The molecule has 0 fully saturated rings. The number of hydrogen-bond donors (Lipinski definition) is 1. The molecule has 0 aromatic heterocycles. The van der Waals surface area contributed by atoms with Crippen molar-refractivity contribution in [3.63, 3.8) is 0 Å². The highest BCUT2D eigenvalue weighted by molar-refractivity contribution is 4.60. The van der Waals surface area contributed by atoms with Gasteiger partial charge in [0.15, 0.2) is 0 Å². The molecule has 19 heavy (non-hydrogen) atoms. The van der Waals surface area contributed by atoms with Crippen molar-refractivity contribution in [3.8, 4) is 0 Å². The quantitative estimate of drug-likeness (QED) is 0.464. The fourth-order valence-electron chi connectivity index (χ4n) is 1.87. The van der Waals surface area contributed by atoms with Crippen LogP contribution in [0.2, 0.25) is 0 Å². The third-order valence-electron chi connectivity index (χ3n) is 3.07. The third-order valence-corrected chi connectivity index (χ3v) is 3.07. The van der Waals surface area contributed by atoms with Crippen LogP contribution in [0.4, 0.5) is 0 Å². The SMILES string of the molecule is CCCCCNCCN(CCOCC)CCOCC. The Morgan fingerprint density at radius 3 is 1.95 bits per heavy atom. The second-order valence-electron chi connectivity index (χ2n) is 4.69. The molecule has 0 saturated heterocycles. The maximum absolute atomic E-state index is 5.43. The Balaban J connectivity index is 3.58. The topological polar surface area (TPSA) is 33.7 Å². The summed E-state index contributed by atoms with van der Waals surface area (Å²) in [5, 5.41) is 3.51. The minimum absolute atomic E-state index is 0.800. The van der Waals surface area contributed by atoms with Crippen molar-refractivity contribution in [3.05, 3.63) is 0 Å². The van der Waals surface area contributed by atoms with Crippen LogP contribution in [0.5, 0.6) is 0 Å². The number of ether oxygens (including phenoxy) is 2. The lowest BCUT2D eigenvalue weighted by molar-refractivity contribution is 0.0832. The first-order valence-electron chi connectivity index (χ1n) is 7.93. The maximum atomic E-state index is 5.43. The van der Waals surface area contributed by atoms with Gasteiger partial charge in [0, 0.05) is 39.4 Å². The molecule has 0 rings (SSSR count). The van der Waals surface area contributed by atoms with Crippen LogP contribution in [0, 0.1) is 0 Å². The molecular formula is C15H34N2O2. The van der Waals surface area contributed by atoms with E-state index in [1.807, 2.05) is 13.8 Å². The summed E-state index contributed by atoms with van der Waals surface area (Å²) in [6, 6.07) is 0. The van der Waals surface area contributed by atoms with Gasteiger partial charge in [0.25, 0.3) is 0 Å². The second kappa shape index (κ2) is 15.9. The van der Waals surface area contributed by atoms with Crippen LogP contribution in [-0.2, 0) is 9.47 Å². The Morgan fingerprint density at radius 2 is 1.42 bits per heavy atom. The van der Waals surface area contributed by atoms with E-state index in [-0.39, 0.29) is 0 Å². The van der Waals surface area contributed by atoms with Crippen LogP contribution < -0.4 is 5.32 Å². The largest absolute Gasteiger partial charge is 0.380 e. The van der Waals surface area contributed by atoms with E-state index in [4.69, 9.17) is 9.47 Å². The number of unbranched alkanes of at least 4 members (excludes halogenated alkanes) is 2. The number of nitrogens with one attached hydrogen (secondary N) is 1. The van der Waals surface area contributed by atoms with Gasteiger partial charge in [-0.1, -0.05) is 19.8 Å². The average Bonchev–Trinajstić information content (AvgIpc) is 2.42. The van der Waals surface area contributed by atoms with Crippen molar-refractivity contribution in [2.24, 2.45) is 0 Å². The lowest BCUT2D eigenvalue weighted by Crippen LogP contribution is -2.37. The molecule has 4 heteroatoms. The molecule has 4 nitrogen and oxygen atoms in total. The number of nitrogens with zero attached hydrogens (tertiary/aromatic N) is 1. The maximum Gasteiger partial charge on any atom is 0.0593 e. The molecule has 0 saturated carbocycles. The van der Waals surface area contributed by atoms with E-state index < -0.39 is 0 Å². The van der Waals surface area contributed by atoms with E-state index in [2.05, 4.69) is 17.1 Å². The lowest BCUT2D eigenvalue weighted by Gasteiger charge is -2.22. The summed E-state index contributed by atoms with van der Waals surface area (Å²) in [5.41, 5.74) is 0. The first kappa shape index (κ1) is 18.8. The zero-order chi connectivity index (χ0) is 14.2. The van der Waals surface area contributed by atoms with Gasteiger partial charge in [0.05, 0.1) is 13.2 Å². The van der Waals surface area contributed by atoms with Crippen LogP contribution in [0.25, 0.3) is 0 Å². The Kier molecular flexibility index (Phi) is 15.8. The zero-order valence-electron chi connectivity index (χ0n) is 13.2. The smallest absolute Gasteiger partial charge is 0.0593 e. The molecule has 0 bridgehead atoms. The molecular weight excluding hydrogens is 240 g/mol. The average molecular weight is 274 g/mol. The van der Waals surface area contributed by atoms with Crippen molar-refractivity contribution < 1.29 is 9.47 Å². The van der Waals surface area contributed by atoms with Crippen LogP contribution in [-0.4, -0.2) is 64.1 Å². The van der Waals surface area contributed by atoms with Gasteiger partial charge in [-0.2, -0.15) is 0 Å². The third kappa shape index (κ3) is 14.1. The van der Waals surface area contributed by atoms with Gasteiger partial charge in [0.1, 0.15) is 0 Å². The van der Waals surface area contributed by atoms with Gasteiger partial charge < -0.3 is 14.8 Å². The molecule has 0 heterocycles. The number of hydrogen-bond acceptors (Lipinski definition) is 4. The van der Waals surface area contributed by atoms with E-state index in [0.717, 1.165) is 59.2 Å². The summed E-state index contributed by atoms with van der Waals surface area (Å²) < 4.78 is 10.9. The van der Waals surface area contributed by atoms with Crippen LogP contribution in [0.3, 0.4) is 0 Å².